The molecule has 0 fully saturated rings. The van der Waals surface area contributed by atoms with Crippen LogP contribution in [0, 0.1) is 20.8 Å². The van der Waals surface area contributed by atoms with Gasteiger partial charge in [0.1, 0.15) is 0 Å². The lowest BCUT2D eigenvalue weighted by molar-refractivity contribution is 0.566. The van der Waals surface area contributed by atoms with Gasteiger partial charge in [-0.05, 0) is 74.2 Å². The zero-order valence-electron chi connectivity index (χ0n) is 15.0. The van der Waals surface area contributed by atoms with Gasteiger partial charge in [-0.3, -0.25) is 0 Å². The molecule has 2 aromatic carbocycles. The van der Waals surface area contributed by atoms with Gasteiger partial charge in [0.15, 0.2) is 9.84 Å². The predicted octanol–water partition coefficient (Wildman–Crippen LogP) is 3.05. The molecule has 0 aromatic heterocycles. The standard InChI is InChI=1S/C18H23NO4S2/c1-12-10-14(3)18(11-13(12)2)15(4)19-25(22,23)17-8-6-16(7-9-17)24(5,20)21/h6-11,15,19H,1-5H3/t15-/m0/s1. The quantitative estimate of drug-likeness (QED) is 0.863. The molecule has 0 heterocycles. The third-order valence-electron chi connectivity index (χ3n) is 4.24. The van der Waals surface area contributed by atoms with Crippen LogP contribution in [0.5, 0.6) is 0 Å². The molecule has 0 spiro atoms. The summed E-state index contributed by atoms with van der Waals surface area (Å²) >= 11 is 0. The molecule has 1 N–H and O–H groups in total. The van der Waals surface area contributed by atoms with E-state index in [1.807, 2.05) is 32.9 Å². The number of benzene rings is 2. The number of sulfonamides is 1. The number of rotatable bonds is 5. The summed E-state index contributed by atoms with van der Waals surface area (Å²) in [5, 5.41) is 0. The van der Waals surface area contributed by atoms with Crippen LogP contribution in [0.3, 0.4) is 0 Å². The van der Waals surface area contributed by atoms with Crippen molar-refractivity contribution in [2.75, 3.05) is 6.26 Å². The summed E-state index contributed by atoms with van der Waals surface area (Å²) in [6.45, 7) is 7.75. The third kappa shape index (κ3) is 4.48. The maximum absolute atomic E-state index is 12.6. The molecule has 0 amide bonds. The van der Waals surface area contributed by atoms with E-state index in [-0.39, 0.29) is 9.79 Å². The lowest BCUT2D eigenvalue weighted by Crippen LogP contribution is -2.27. The number of aryl methyl sites for hydroxylation is 3. The van der Waals surface area contributed by atoms with E-state index in [2.05, 4.69) is 4.72 Å². The highest BCUT2D eigenvalue weighted by molar-refractivity contribution is 7.90. The molecule has 0 aliphatic heterocycles. The molecule has 136 valence electrons. The van der Waals surface area contributed by atoms with Crippen LogP contribution in [-0.4, -0.2) is 23.1 Å². The van der Waals surface area contributed by atoms with Crippen LogP contribution in [0.15, 0.2) is 46.2 Å². The van der Waals surface area contributed by atoms with Crippen molar-refractivity contribution in [3.63, 3.8) is 0 Å². The van der Waals surface area contributed by atoms with Gasteiger partial charge in [0.25, 0.3) is 0 Å². The molecule has 5 nitrogen and oxygen atoms in total. The first-order chi connectivity index (χ1) is 11.4. The van der Waals surface area contributed by atoms with Crippen LogP contribution in [0.25, 0.3) is 0 Å². The Morgan fingerprint density at radius 2 is 1.28 bits per heavy atom. The van der Waals surface area contributed by atoms with Crippen LogP contribution in [-0.2, 0) is 19.9 Å². The Labute approximate surface area is 150 Å². The molecule has 25 heavy (non-hydrogen) atoms. The smallest absolute Gasteiger partial charge is 0.224 e. The predicted molar refractivity (Wildman–Crippen MR) is 98.9 cm³/mol. The summed E-state index contributed by atoms with van der Waals surface area (Å²) in [6.07, 6.45) is 1.08. The molecule has 0 radical (unpaired) electrons. The summed E-state index contributed by atoms with van der Waals surface area (Å²) in [5.41, 5.74) is 4.20. The average molecular weight is 382 g/mol. The Morgan fingerprint density at radius 3 is 1.80 bits per heavy atom. The van der Waals surface area contributed by atoms with Gasteiger partial charge in [0.2, 0.25) is 10.0 Å². The Morgan fingerprint density at radius 1 is 0.800 bits per heavy atom. The fourth-order valence-corrected chi connectivity index (χ4v) is 4.53. The van der Waals surface area contributed by atoms with Crippen LogP contribution in [0.4, 0.5) is 0 Å². The van der Waals surface area contributed by atoms with Gasteiger partial charge >= 0.3 is 0 Å². The second-order valence-corrected chi connectivity index (χ2v) is 10.1. The molecule has 0 saturated carbocycles. The second-order valence-electron chi connectivity index (χ2n) is 6.38. The van der Waals surface area contributed by atoms with E-state index in [1.54, 1.807) is 6.92 Å². The fraction of sp³-hybridized carbons (Fsp3) is 0.333. The molecule has 7 heteroatoms. The zero-order chi connectivity index (χ0) is 19.0. The Bertz CT molecular complexity index is 992. The topological polar surface area (TPSA) is 80.3 Å². The zero-order valence-corrected chi connectivity index (χ0v) is 16.6. The number of nitrogens with one attached hydrogen (secondary N) is 1. The summed E-state index contributed by atoms with van der Waals surface area (Å²) in [4.78, 5) is 0.123. The van der Waals surface area contributed by atoms with Gasteiger partial charge in [-0.25, -0.2) is 21.6 Å². The number of hydrogen-bond acceptors (Lipinski definition) is 4. The van der Waals surface area contributed by atoms with Gasteiger partial charge in [-0.1, -0.05) is 12.1 Å². The summed E-state index contributed by atoms with van der Waals surface area (Å²) in [5.74, 6) is 0. The van der Waals surface area contributed by atoms with E-state index < -0.39 is 25.9 Å². The van der Waals surface area contributed by atoms with E-state index in [0.717, 1.165) is 28.5 Å². The van der Waals surface area contributed by atoms with Crippen molar-refractivity contribution in [3.05, 3.63) is 58.7 Å². The molecule has 0 unspecified atom stereocenters. The fourth-order valence-electron chi connectivity index (χ4n) is 2.68. The lowest BCUT2D eigenvalue weighted by atomic mass is 9.97. The molecule has 2 rings (SSSR count). The Balaban J connectivity index is 2.31. The molecule has 0 bridgehead atoms. The summed E-state index contributed by atoms with van der Waals surface area (Å²) in [7, 11) is -7.12. The molecule has 2 aromatic rings. The molecule has 0 aliphatic rings. The minimum atomic E-state index is -3.75. The third-order valence-corrected chi connectivity index (χ3v) is 6.93. The molecule has 0 saturated heterocycles. The van der Waals surface area contributed by atoms with Crippen molar-refractivity contribution in [3.8, 4) is 0 Å². The van der Waals surface area contributed by atoms with Gasteiger partial charge in [0.05, 0.1) is 9.79 Å². The molecular formula is C18H23NO4S2. The number of hydrogen-bond donors (Lipinski definition) is 1. The first-order valence-corrected chi connectivity index (χ1v) is 11.2. The normalized spacial score (nSPS) is 13.6. The highest BCUT2D eigenvalue weighted by Crippen LogP contribution is 2.24. The van der Waals surface area contributed by atoms with Crippen molar-refractivity contribution in [2.24, 2.45) is 0 Å². The van der Waals surface area contributed by atoms with Crippen molar-refractivity contribution in [1.82, 2.24) is 4.72 Å². The van der Waals surface area contributed by atoms with Gasteiger partial charge in [-0.15, -0.1) is 0 Å². The first kappa shape index (κ1) is 19.6. The minimum absolute atomic E-state index is 0.0354. The van der Waals surface area contributed by atoms with Crippen molar-refractivity contribution in [2.45, 2.75) is 43.5 Å². The first-order valence-electron chi connectivity index (χ1n) is 7.82. The molecular weight excluding hydrogens is 358 g/mol. The van der Waals surface area contributed by atoms with Crippen LogP contribution < -0.4 is 4.72 Å². The largest absolute Gasteiger partial charge is 0.241 e. The monoisotopic (exact) mass is 381 g/mol. The minimum Gasteiger partial charge on any atom is -0.224 e. The number of sulfone groups is 1. The van der Waals surface area contributed by atoms with Crippen molar-refractivity contribution in [1.29, 1.82) is 0 Å². The summed E-state index contributed by atoms with van der Waals surface area (Å²) < 4.78 is 50.8. The highest BCUT2D eigenvalue weighted by atomic mass is 32.2. The maximum atomic E-state index is 12.6. The highest BCUT2D eigenvalue weighted by Gasteiger charge is 2.20. The van der Waals surface area contributed by atoms with Gasteiger partial charge in [0, 0.05) is 12.3 Å². The van der Waals surface area contributed by atoms with E-state index >= 15 is 0 Å². The van der Waals surface area contributed by atoms with Crippen LogP contribution >= 0.6 is 0 Å². The Kier molecular flexibility index (Phi) is 5.41. The van der Waals surface area contributed by atoms with Crippen LogP contribution in [0.1, 0.15) is 35.2 Å². The Hall–Kier alpha value is -1.70. The van der Waals surface area contributed by atoms with Gasteiger partial charge in [-0.2, -0.15) is 0 Å². The van der Waals surface area contributed by atoms with E-state index in [4.69, 9.17) is 0 Å². The van der Waals surface area contributed by atoms with Crippen LogP contribution in [0.2, 0.25) is 0 Å². The van der Waals surface area contributed by atoms with Crippen molar-refractivity contribution < 1.29 is 16.8 Å². The maximum Gasteiger partial charge on any atom is 0.241 e. The van der Waals surface area contributed by atoms with Gasteiger partial charge < -0.3 is 0 Å². The second kappa shape index (κ2) is 6.90. The lowest BCUT2D eigenvalue weighted by Gasteiger charge is -2.18. The molecule has 1 atom stereocenters. The molecule has 0 aliphatic carbocycles. The van der Waals surface area contributed by atoms with E-state index in [9.17, 15) is 16.8 Å². The van der Waals surface area contributed by atoms with Crippen molar-refractivity contribution >= 4 is 19.9 Å². The summed E-state index contributed by atoms with van der Waals surface area (Å²) in [6, 6.07) is 8.84. The SMILES string of the molecule is Cc1cc(C)c([C@H](C)NS(=O)(=O)c2ccc(S(C)(=O)=O)cc2)cc1C. The van der Waals surface area contributed by atoms with E-state index in [1.165, 1.54) is 24.3 Å². The average Bonchev–Trinajstić information content (AvgIpc) is 2.49. The van der Waals surface area contributed by atoms with E-state index in [0.29, 0.717) is 0 Å².